The number of rotatable bonds is 12. The van der Waals surface area contributed by atoms with E-state index in [0.29, 0.717) is 25.2 Å². The van der Waals surface area contributed by atoms with Crippen molar-refractivity contribution < 1.29 is 19.7 Å². The van der Waals surface area contributed by atoms with Crippen LogP contribution in [0.3, 0.4) is 0 Å². The number of nitriles is 1. The number of nitrogens with zero attached hydrogens (tertiary/aromatic N) is 5. The third kappa shape index (κ3) is 11.4. The predicted molar refractivity (Wildman–Crippen MR) is 251 cm³/mol. The van der Waals surface area contributed by atoms with E-state index in [1.807, 2.05) is 42.5 Å². The number of aromatic amines is 2. The summed E-state index contributed by atoms with van der Waals surface area (Å²) < 4.78 is 11.1. The maximum atomic E-state index is 12.4. The van der Waals surface area contributed by atoms with Crippen LogP contribution < -0.4 is 11.1 Å². The zero-order valence-electron chi connectivity index (χ0n) is 36.5. The number of benzene rings is 4. The molecule has 2 aliphatic heterocycles. The first-order valence-electron chi connectivity index (χ1n) is 21.9. The highest BCUT2D eigenvalue weighted by Crippen LogP contribution is 2.33. The van der Waals surface area contributed by atoms with Gasteiger partial charge in [-0.05, 0) is 100 Å². The molecule has 0 aliphatic carbocycles. The number of hydrogen-bond donors (Lipinski definition) is 4. The summed E-state index contributed by atoms with van der Waals surface area (Å²) in [7, 11) is 0. The van der Waals surface area contributed by atoms with Crippen LogP contribution in [0.5, 0.6) is 11.5 Å². The molecule has 0 radical (unpaired) electrons. The second kappa shape index (κ2) is 21.4. The van der Waals surface area contributed by atoms with E-state index < -0.39 is 28.5 Å². The van der Waals surface area contributed by atoms with E-state index in [1.165, 1.54) is 18.2 Å². The zero-order valence-corrected chi connectivity index (χ0v) is 36.5. The number of H-pyrrole nitrogens is 2. The fourth-order valence-corrected chi connectivity index (χ4v) is 8.15. The molecule has 4 N–H and O–H groups in total. The number of allylic oxidation sites excluding steroid dienone is 1. The molecule has 0 spiro atoms. The van der Waals surface area contributed by atoms with Crippen LogP contribution in [-0.4, -0.2) is 92.6 Å². The standard InChI is InChI=1S/C53H49N7O6/c1-36(48-50(61)52(63)57-34-55-48)28-44-17-13-40(9-4-37-5-10-41(11-6-37)32-59-20-24-65-25-21-59)30-47(44)46-31-42(33-60-22-26-66-27-23-60)14-16-43(46)15-12-38-2-7-39(8-3-38)29-45(18-19-54)49-51(62)53(64)58-35-56-49/h2-3,5-8,10-11,13-14,16-17,30-31,34-35,45,61-62H,1,18,20-29,32-33H2,(H,55,57,63)(H,56,58,64). The Morgan fingerprint density at radius 1 is 0.682 bits per heavy atom. The van der Waals surface area contributed by atoms with Crippen molar-refractivity contribution in [2.24, 2.45) is 0 Å². The molecule has 0 saturated carbocycles. The van der Waals surface area contributed by atoms with Crippen molar-refractivity contribution in [3.63, 3.8) is 0 Å². The van der Waals surface area contributed by atoms with Crippen molar-refractivity contribution in [3.8, 4) is 52.4 Å². The number of aromatic nitrogens is 4. The summed E-state index contributed by atoms with van der Waals surface area (Å²) in [6.45, 7) is 12.2. The Balaban J connectivity index is 1.14. The van der Waals surface area contributed by atoms with Crippen LogP contribution in [0, 0.1) is 35.0 Å². The molecule has 2 aliphatic rings. The molecule has 2 saturated heterocycles. The van der Waals surface area contributed by atoms with Crippen LogP contribution in [0.15, 0.2) is 114 Å². The van der Waals surface area contributed by atoms with Crippen molar-refractivity contribution >= 4 is 5.57 Å². The second-order valence-corrected chi connectivity index (χ2v) is 16.4. The molecule has 66 heavy (non-hydrogen) atoms. The Labute approximate surface area is 383 Å². The summed E-state index contributed by atoms with van der Waals surface area (Å²) in [5.41, 5.74) is 8.56. The van der Waals surface area contributed by atoms with Gasteiger partial charge in [-0.3, -0.25) is 19.4 Å². The SMILES string of the molecule is C=C(Cc1ccc(C#Cc2ccc(CN3CCOCC3)cc2)cc1-c1cc(CN2CCOCC2)ccc1C#Cc1ccc(CC(CC#N)c2nc[nH]c(=O)c2O)cc1)c1nc[nH]c(=O)c1O. The Hall–Kier alpha value is -7.57. The van der Waals surface area contributed by atoms with Crippen molar-refractivity contribution in [1.29, 1.82) is 5.26 Å². The molecule has 13 nitrogen and oxygen atoms in total. The lowest BCUT2D eigenvalue weighted by molar-refractivity contribution is 0.0341. The summed E-state index contributed by atoms with van der Waals surface area (Å²) in [6, 6.07) is 30.5. The van der Waals surface area contributed by atoms with Gasteiger partial charge in [0, 0.05) is 73.9 Å². The first-order valence-corrected chi connectivity index (χ1v) is 21.9. The van der Waals surface area contributed by atoms with Crippen LogP contribution in [-0.2, 0) is 35.4 Å². The summed E-state index contributed by atoms with van der Waals surface area (Å²) in [5.74, 6) is 12.1. The lowest BCUT2D eigenvalue weighted by Gasteiger charge is -2.27. The lowest BCUT2D eigenvalue weighted by atomic mass is 9.89. The molecule has 13 heteroatoms. The number of ether oxygens (including phenoxy) is 2. The molecule has 0 amide bonds. The Bertz CT molecular complexity index is 2990. The molecule has 4 heterocycles. The molecule has 4 aromatic carbocycles. The molecule has 1 unspecified atom stereocenters. The number of aromatic hydroxyl groups is 2. The molecular weight excluding hydrogens is 831 g/mol. The second-order valence-electron chi connectivity index (χ2n) is 16.4. The molecule has 0 bridgehead atoms. The van der Waals surface area contributed by atoms with Gasteiger partial charge in [-0.1, -0.05) is 66.7 Å². The van der Waals surface area contributed by atoms with E-state index in [1.54, 1.807) is 0 Å². The maximum Gasteiger partial charge on any atom is 0.293 e. The normalized spacial score (nSPS) is 14.5. The van der Waals surface area contributed by atoms with Gasteiger partial charge in [0.1, 0.15) is 5.69 Å². The van der Waals surface area contributed by atoms with Crippen LogP contribution in [0.2, 0.25) is 0 Å². The van der Waals surface area contributed by atoms with E-state index in [4.69, 9.17) is 9.47 Å². The monoisotopic (exact) mass is 879 g/mol. The fraction of sp³-hybridized carbons (Fsp3) is 0.264. The number of morpholine rings is 2. The van der Waals surface area contributed by atoms with Crippen molar-refractivity contribution in [2.45, 2.75) is 38.3 Å². The smallest absolute Gasteiger partial charge is 0.293 e. The van der Waals surface area contributed by atoms with E-state index in [-0.39, 0.29) is 24.2 Å². The highest BCUT2D eigenvalue weighted by atomic mass is 16.5. The van der Waals surface area contributed by atoms with E-state index in [2.05, 4.69) is 109 Å². The van der Waals surface area contributed by atoms with E-state index >= 15 is 0 Å². The van der Waals surface area contributed by atoms with Gasteiger partial charge in [0.25, 0.3) is 11.1 Å². The van der Waals surface area contributed by atoms with Gasteiger partial charge in [-0.2, -0.15) is 5.26 Å². The fourth-order valence-electron chi connectivity index (χ4n) is 8.15. The van der Waals surface area contributed by atoms with E-state index in [9.17, 15) is 25.1 Å². The topological polar surface area (TPSA) is 181 Å². The summed E-state index contributed by atoms with van der Waals surface area (Å²) >= 11 is 0. The minimum absolute atomic E-state index is 0.0716. The van der Waals surface area contributed by atoms with Crippen molar-refractivity contribution in [3.05, 3.63) is 181 Å². The van der Waals surface area contributed by atoms with Crippen LogP contribution in [0.1, 0.15) is 68.2 Å². The number of hydrogen-bond acceptors (Lipinski definition) is 11. The molecule has 1 atom stereocenters. The van der Waals surface area contributed by atoms with Gasteiger partial charge in [0.05, 0.1) is 50.8 Å². The Morgan fingerprint density at radius 2 is 1.24 bits per heavy atom. The average molecular weight is 880 g/mol. The van der Waals surface area contributed by atoms with Gasteiger partial charge in [-0.15, -0.1) is 0 Å². The third-order valence-electron chi connectivity index (χ3n) is 11.7. The van der Waals surface area contributed by atoms with Crippen LogP contribution in [0.25, 0.3) is 16.7 Å². The summed E-state index contributed by atoms with van der Waals surface area (Å²) in [4.78, 5) is 42.4. The van der Waals surface area contributed by atoms with Crippen LogP contribution in [0.4, 0.5) is 0 Å². The predicted octanol–water partition coefficient (Wildman–Crippen LogP) is 5.89. The molecule has 6 aromatic rings. The summed E-state index contributed by atoms with van der Waals surface area (Å²) in [6.07, 6.45) is 3.22. The highest BCUT2D eigenvalue weighted by Gasteiger charge is 2.21. The first-order chi connectivity index (χ1) is 32.2. The van der Waals surface area contributed by atoms with Gasteiger partial charge in [-0.25, -0.2) is 9.97 Å². The van der Waals surface area contributed by atoms with Crippen molar-refractivity contribution in [2.75, 3.05) is 52.6 Å². The number of nitrogens with one attached hydrogen (secondary N) is 2. The van der Waals surface area contributed by atoms with Gasteiger partial charge >= 0.3 is 0 Å². The minimum atomic E-state index is -0.649. The lowest BCUT2D eigenvalue weighted by Crippen LogP contribution is -2.35. The molecule has 2 aromatic heterocycles. The zero-order chi connectivity index (χ0) is 45.8. The quantitative estimate of drug-likeness (QED) is 0.108. The third-order valence-corrected chi connectivity index (χ3v) is 11.7. The Morgan fingerprint density at radius 3 is 1.91 bits per heavy atom. The van der Waals surface area contributed by atoms with Gasteiger partial charge < -0.3 is 29.7 Å². The first kappa shape index (κ1) is 45.0. The largest absolute Gasteiger partial charge is 0.502 e. The highest BCUT2D eigenvalue weighted by molar-refractivity contribution is 5.79. The summed E-state index contributed by atoms with van der Waals surface area (Å²) in [5, 5.41) is 30.6. The molecule has 332 valence electrons. The maximum absolute atomic E-state index is 12.4. The molecular formula is C53H49N7O6. The molecule has 2 fully saturated rings. The van der Waals surface area contributed by atoms with Crippen LogP contribution >= 0.6 is 0 Å². The Kier molecular flexibility index (Phi) is 14.6. The van der Waals surface area contributed by atoms with E-state index in [0.717, 1.165) is 103 Å². The van der Waals surface area contributed by atoms with Gasteiger partial charge in [0.2, 0.25) is 11.5 Å². The van der Waals surface area contributed by atoms with Crippen molar-refractivity contribution in [1.82, 2.24) is 29.7 Å². The minimum Gasteiger partial charge on any atom is -0.502 e. The van der Waals surface area contributed by atoms with Gasteiger partial charge in [0.15, 0.2) is 0 Å². The average Bonchev–Trinajstić information content (AvgIpc) is 3.34. The molecule has 8 rings (SSSR count).